The molecule has 1 aromatic heterocycles. The van der Waals surface area contributed by atoms with Crippen molar-refractivity contribution in [1.82, 2.24) is 18.9 Å². The summed E-state index contributed by atoms with van der Waals surface area (Å²) in [5.74, 6) is -0.129. The lowest BCUT2D eigenvalue weighted by molar-refractivity contribution is -0.133. The van der Waals surface area contributed by atoms with Gasteiger partial charge in [-0.15, -0.1) is 0 Å². The molecule has 0 N–H and O–H groups in total. The Morgan fingerprint density at radius 3 is 2.00 bits per heavy atom. The van der Waals surface area contributed by atoms with Crippen molar-refractivity contribution in [3.8, 4) is 0 Å². The number of hydrogen-bond acceptors (Lipinski definition) is 4. The first-order valence-corrected chi connectivity index (χ1v) is 10.3. The van der Waals surface area contributed by atoms with E-state index in [9.17, 15) is 14.4 Å². The first-order chi connectivity index (χ1) is 14.6. The third kappa shape index (κ3) is 3.93. The number of carbonyl (C=O) groups excluding carboxylic acids is 1. The van der Waals surface area contributed by atoms with Crippen LogP contribution >= 0.6 is 0 Å². The molecule has 156 valence electrons. The number of carbonyl (C=O) groups is 1. The lowest BCUT2D eigenvalue weighted by atomic mass is 10.2. The molecule has 1 fully saturated rings. The Balaban J connectivity index is 1.49. The zero-order valence-electron chi connectivity index (χ0n) is 17.2. The Hall–Kier alpha value is -3.19. The molecule has 2 heterocycles. The molecular formula is C23H26N4O3. The molecule has 4 rings (SSSR count). The van der Waals surface area contributed by atoms with Crippen LogP contribution in [0.2, 0.25) is 0 Å². The van der Waals surface area contributed by atoms with Gasteiger partial charge >= 0.3 is 11.1 Å². The number of rotatable bonds is 5. The first-order valence-electron chi connectivity index (χ1n) is 10.3. The van der Waals surface area contributed by atoms with Gasteiger partial charge in [0.15, 0.2) is 0 Å². The van der Waals surface area contributed by atoms with Gasteiger partial charge in [0, 0.05) is 39.3 Å². The highest BCUT2D eigenvalue weighted by atomic mass is 16.2. The van der Waals surface area contributed by atoms with E-state index in [1.807, 2.05) is 43.3 Å². The fraction of sp³-hybridized carbons (Fsp3) is 0.348. The smallest absolute Gasteiger partial charge is 0.317 e. The lowest BCUT2D eigenvalue weighted by Crippen LogP contribution is -2.50. The van der Waals surface area contributed by atoms with Crippen LogP contribution in [-0.2, 0) is 24.4 Å². The first kappa shape index (κ1) is 20.1. The van der Waals surface area contributed by atoms with Crippen molar-refractivity contribution in [2.24, 2.45) is 0 Å². The van der Waals surface area contributed by atoms with E-state index in [2.05, 4.69) is 17.0 Å². The molecule has 1 saturated heterocycles. The van der Waals surface area contributed by atoms with Crippen molar-refractivity contribution in [1.29, 1.82) is 0 Å². The van der Waals surface area contributed by atoms with Crippen molar-refractivity contribution < 1.29 is 4.79 Å². The number of benzene rings is 2. The van der Waals surface area contributed by atoms with Crippen molar-refractivity contribution in [3.05, 3.63) is 80.9 Å². The van der Waals surface area contributed by atoms with Gasteiger partial charge < -0.3 is 9.47 Å². The molecular weight excluding hydrogens is 380 g/mol. The Bertz CT molecular complexity index is 1160. The van der Waals surface area contributed by atoms with Gasteiger partial charge in [0.1, 0.15) is 6.54 Å². The van der Waals surface area contributed by atoms with Crippen LogP contribution in [0.1, 0.15) is 12.5 Å². The van der Waals surface area contributed by atoms with Crippen molar-refractivity contribution >= 4 is 16.9 Å². The van der Waals surface area contributed by atoms with Crippen LogP contribution in [-0.4, -0.2) is 51.0 Å². The molecule has 3 aromatic rings. The average Bonchev–Trinajstić information content (AvgIpc) is 2.78. The Labute approximate surface area is 174 Å². The molecule has 0 spiro atoms. The molecule has 30 heavy (non-hydrogen) atoms. The minimum atomic E-state index is -0.647. The Morgan fingerprint density at radius 2 is 1.37 bits per heavy atom. The number of fused-ring (bicyclic) bond motifs is 1. The summed E-state index contributed by atoms with van der Waals surface area (Å²) < 4.78 is 2.78. The van der Waals surface area contributed by atoms with Gasteiger partial charge in [0.2, 0.25) is 5.91 Å². The summed E-state index contributed by atoms with van der Waals surface area (Å²) >= 11 is 0. The van der Waals surface area contributed by atoms with E-state index < -0.39 is 11.1 Å². The third-order valence-electron chi connectivity index (χ3n) is 5.72. The van der Waals surface area contributed by atoms with Crippen LogP contribution in [0.4, 0.5) is 0 Å². The summed E-state index contributed by atoms with van der Waals surface area (Å²) in [6.45, 7) is 5.79. The Kier molecular flexibility index (Phi) is 5.81. The number of hydrogen-bond donors (Lipinski definition) is 0. The van der Waals surface area contributed by atoms with Gasteiger partial charge in [-0.1, -0.05) is 42.5 Å². The molecule has 0 unspecified atom stereocenters. The summed E-state index contributed by atoms with van der Waals surface area (Å²) in [5, 5.41) is 0. The highest BCUT2D eigenvalue weighted by Gasteiger charge is 2.23. The van der Waals surface area contributed by atoms with E-state index in [0.29, 0.717) is 30.7 Å². The summed E-state index contributed by atoms with van der Waals surface area (Å²) in [7, 11) is 0. The number of amides is 1. The maximum Gasteiger partial charge on any atom is 0.317 e. The van der Waals surface area contributed by atoms with Crippen molar-refractivity contribution in [2.45, 2.75) is 26.6 Å². The molecule has 0 aliphatic carbocycles. The van der Waals surface area contributed by atoms with E-state index in [4.69, 9.17) is 0 Å². The quantitative estimate of drug-likeness (QED) is 0.603. The lowest BCUT2D eigenvalue weighted by Gasteiger charge is -2.35. The van der Waals surface area contributed by atoms with Gasteiger partial charge in [-0.2, -0.15) is 0 Å². The third-order valence-corrected chi connectivity index (χ3v) is 5.72. The second-order valence-corrected chi connectivity index (χ2v) is 7.57. The van der Waals surface area contributed by atoms with Gasteiger partial charge in [0.05, 0.1) is 11.0 Å². The van der Waals surface area contributed by atoms with E-state index in [0.717, 1.165) is 19.6 Å². The number of piperazine rings is 1. The van der Waals surface area contributed by atoms with Crippen LogP contribution < -0.4 is 11.1 Å². The fourth-order valence-electron chi connectivity index (χ4n) is 4.07. The molecule has 7 nitrogen and oxygen atoms in total. The molecule has 0 bridgehead atoms. The van der Waals surface area contributed by atoms with Crippen molar-refractivity contribution in [2.75, 3.05) is 26.2 Å². The second-order valence-electron chi connectivity index (χ2n) is 7.57. The number of aromatic nitrogens is 2. The van der Waals surface area contributed by atoms with Gasteiger partial charge in [-0.05, 0) is 24.6 Å². The van der Waals surface area contributed by atoms with Crippen LogP contribution in [0.3, 0.4) is 0 Å². The standard InChI is InChI=1S/C23H26N4O3/c1-2-26-19-10-6-7-11-20(19)27(23(30)22(26)29)17-21(28)25-14-12-24(13-15-25)16-18-8-4-3-5-9-18/h3-11H,2,12-17H2,1H3. The topological polar surface area (TPSA) is 67.5 Å². The maximum absolute atomic E-state index is 12.9. The number of aryl methyl sites for hydroxylation is 1. The van der Waals surface area contributed by atoms with Crippen LogP contribution in [0.5, 0.6) is 0 Å². The minimum Gasteiger partial charge on any atom is -0.339 e. The predicted molar refractivity (Wildman–Crippen MR) is 116 cm³/mol. The molecule has 0 radical (unpaired) electrons. The van der Waals surface area contributed by atoms with Crippen LogP contribution in [0.15, 0.2) is 64.2 Å². The summed E-state index contributed by atoms with van der Waals surface area (Å²) in [4.78, 5) is 42.2. The summed E-state index contributed by atoms with van der Waals surface area (Å²) in [6.07, 6.45) is 0. The SMILES string of the molecule is CCn1c(=O)c(=O)n(CC(=O)N2CCN(Cc3ccccc3)CC2)c2ccccc21. The average molecular weight is 406 g/mol. The summed E-state index contributed by atoms with van der Waals surface area (Å²) in [5.41, 5.74) is 1.31. The molecule has 1 aliphatic heterocycles. The van der Waals surface area contributed by atoms with Gasteiger partial charge in [0.25, 0.3) is 0 Å². The highest BCUT2D eigenvalue weighted by molar-refractivity contribution is 5.80. The zero-order chi connectivity index (χ0) is 21.1. The van der Waals surface area contributed by atoms with Gasteiger partial charge in [-0.3, -0.25) is 23.9 Å². The van der Waals surface area contributed by atoms with E-state index in [-0.39, 0.29) is 12.5 Å². The highest BCUT2D eigenvalue weighted by Crippen LogP contribution is 2.12. The molecule has 2 aromatic carbocycles. The molecule has 1 amide bonds. The Morgan fingerprint density at radius 1 is 0.800 bits per heavy atom. The largest absolute Gasteiger partial charge is 0.339 e. The normalized spacial score (nSPS) is 14.9. The van der Waals surface area contributed by atoms with Crippen LogP contribution in [0.25, 0.3) is 11.0 Å². The van der Waals surface area contributed by atoms with E-state index in [1.54, 1.807) is 11.0 Å². The molecule has 0 saturated carbocycles. The van der Waals surface area contributed by atoms with Crippen molar-refractivity contribution in [3.63, 3.8) is 0 Å². The minimum absolute atomic E-state index is 0.113. The molecule has 7 heteroatoms. The molecule has 1 aliphatic rings. The predicted octanol–water partition coefficient (Wildman–Crippen LogP) is 1.53. The number of para-hydroxylation sites is 2. The van der Waals surface area contributed by atoms with E-state index >= 15 is 0 Å². The molecule has 0 atom stereocenters. The van der Waals surface area contributed by atoms with Gasteiger partial charge in [-0.25, -0.2) is 0 Å². The zero-order valence-corrected chi connectivity index (χ0v) is 17.2. The summed E-state index contributed by atoms with van der Waals surface area (Å²) in [6, 6.07) is 17.5. The van der Waals surface area contributed by atoms with E-state index in [1.165, 1.54) is 14.7 Å². The second kappa shape index (κ2) is 8.67. The van der Waals surface area contributed by atoms with Crippen LogP contribution in [0, 0.1) is 0 Å². The maximum atomic E-state index is 12.9. The monoisotopic (exact) mass is 406 g/mol. The number of nitrogens with zero attached hydrogens (tertiary/aromatic N) is 4. The fourth-order valence-corrected chi connectivity index (χ4v) is 4.07.